The summed E-state index contributed by atoms with van der Waals surface area (Å²) in [7, 11) is 0. The van der Waals surface area contributed by atoms with Crippen molar-refractivity contribution in [2.24, 2.45) is 17.8 Å². The van der Waals surface area contributed by atoms with Crippen molar-refractivity contribution in [1.82, 2.24) is 30.1 Å². The molecule has 9 aromatic rings. The Labute approximate surface area is 561 Å². The average molecular weight is 1290 g/mol. The molecule has 0 unspecified atom stereocenters. The van der Waals surface area contributed by atoms with Crippen molar-refractivity contribution in [3.8, 4) is 0 Å². The molecular weight excluding hydrogens is 1210 g/mol. The molecule has 496 valence electrons. The van der Waals surface area contributed by atoms with Gasteiger partial charge in [0.1, 0.15) is 11.2 Å². The number of carboxylic acid groups (broad SMARTS) is 1. The molecule has 96 heavy (non-hydrogen) atoms. The maximum absolute atomic E-state index is 13.4. The molecule has 6 atom stereocenters. The Kier molecular flexibility index (Phi) is 23.9. The lowest BCUT2D eigenvalue weighted by Crippen LogP contribution is -2.36. The van der Waals surface area contributed by atoms with Crippen molar-refractivity contribution in [2.75, 3.05) is 71.6 Å². The Morgan fingerprint density at radius 1 is 0.427 bits per heavy atom. The molecule has 3 fully saturated rings. The summed E-state index contributed by atoms with van der Waals surface area (Å²) in [6, 6.07) is 63.9. The van der Waals surface area contributed by atoms with E-state index in [2.05, 4.69) is 59.0 Å². The molecule has 12 rings (SSSR count). The summed E-state index contributed by atoms with van der Waals surface area (Å²) >= 11 is 0. The predicted molar refractivity (Wildman–Crippen MR) is 378 cm³/mol. The summed E-state index contributed by atoms with van der Waals surface area (Å²) in [5.74, 6) is -2.16. The maximum Gasteiger partial charge on any atom is 0.410 e. The molecule has 4 amide bonds. The van der Waals surface area contributed by atoms with Crippen molar-refractivity contribution in [3.05, 3.63) is 254 Å². The topological polar surface area (TPSA) is 267 Å². The van der Waals surface area contributed by atoms with Crippen molar-refractivity contribution in [3.63, 3.8) is 0 Å². The summed E-state index contributed by atoms with van der Waals surface area (Å²) < 4.78 is 10.9. The fourth-order valence-corrected chi connectivity index (χ4v) is 11.4. The highest BCUT2D eigenvalue weighted by Crippen LogP contribution is 2.37. The molecule has 0 spiro atoms. The van der Waals surface area contributed by atoms with E-state index in [0.29, 0.717) is 31.9 Å². The van der Waals surface area contributed by atoms with Gasteiger partial charge < -0.3 is 62.0 Å². The second-order valence-corrected chi connectivity index (χ2v) is 25.5. The number of aliphatic carboxylic acids is 1. The first-order chi connectivity index (χ1) is 46.2. The number of amides is 4. The first-order valence-electron chi connectivity index (χ1n) is 31.9. The van der Waals surface area contributed by atoms with Crippen molar-refractivity contribution >= 4 is 81.2 Å². The number of aromatic nitrogens is 3. The number of benzene rings is 6. The first-order valence-corrected chi connectivity index (χ1v) is 31.9. The van der Waals surface area contributed by atoms with Crippen LogP contribution in [0.5, 0.6) is 0 Å². The van der Waals surface area contributed by atoms with E-state index < -0.39 is 41.2 Å². The first kappa shape index (κ1) is 69.2. The second-order valence-electron chi connectivity index (χ2n) is 25.5. The molecule has 6 heterocycles. The lowest BCUT2D eigenvalue weighted by atomic mass is 9.88. The number of nitrogens with one attached hydrogen (secondary N) is 6. The quantitative estimate of drug-likeness (QED) is 0.0470. The number of carbonyl (C=O) groups excluding carboxylic acids is 4. The molecule has 0 radical (unpaired) electrons. The molecule has 9 N–H and O–H groups in total. The average Bonchev–Trinajstić information content (AvgIpc) is 1.68. The Morgan fingerprint density at radius 3 is 1.19 bits per heavy atom. The van der Waals surface area contributed by atoms with Crippen LogP contribution in [-0.4, -0.2) is 110 Å². The molecule has 0 bridgehead atoms. The lowest BCUT2D eigenvalue weighted by molar-refractivity contribution is -0.141. The lowest BCUT2D eigenvalue weighted by Gasteiger charge is -2.24. The number of nitrogens with two attached hydrogens (primary N) is 1. The minimum atomic E-state index is -0.880. The van der Waals surface area contributed by atoms with E-state index in [1.807, 2.05) is 209 Å². The van der Waals surface area contributed by atoms with E-state index in [9.17, 15) is 29.1 Å². The number of ether oxygens (including phenoxy) is 2. The molecule has 0 saturated carbocycles. The highest BCUT2D eigenvalue weighted by Gasteiger charge is 2.43. The number of nitrogens with zero attached hydrogens (tertiary/aromatic N) is 5. The number of hydrogen-bond donors (Lipinski definition) is 8. The Morgan fingerprint density at radius 2 is 0.792 bits per heavy atom. The fourth-order valence-electron chi connectivity index (χ4n) is 11.4. The van der Waals surface area contributed by atoms with E-state index in [4.69, 9.17) is 15.2 Å². The van der Waals surface area contributed by atoms with Gasteiger partial charge in [0.2, 0.25) is 11.8 Å². The van der Waals surface area contributed by atoms with E-state index in [-0.39, 0.29) is 42.0 Å². The molecule has 3 aliphatic rings. The third-order valence-electron chi connectivity index (χ3n) is 15.8. The Balaban J connectivity index is 0.000000157. The van der Waals surface area contributed by atoms with Crippen LogP contribution < -0.4 is 37.6 Å². The summed E-state index contributed by atoms with van der Waals surface area (Å²) in [4.78, 5) is 77.9. The zero-order valence-electron chi connectivity index (χ0n) is 54.8. The minimum Gasteiger partial charge on any atom is -0.481 e. The van der Waals surface area contributed by atoms with E-state index in [1.165, 1.54) is 10.5 Å². The molecule has 3 saturated heterocycles. The molecular formula is C76H84N12O8. The van der Waals surface area contributed by atoms with Crippen LogP contribution in [0.25, 0.3) is 0 Å². The summed E-state index contributed by atoms with van der Waals surface area (Å²) in [5, 5.41) is 28.6. The normalized spacial score (nSPS) is 17.9. The zero-order chi connectivity index (χ0) is 68.0. The van der Waals surface area contributed by atoms with Crippen LogP contribution in [0.3, 0.4) is 0 Å². The van der Waals surface area contributed by atoms with Crippen LogP contribution in [0.2, 0.25) is 0 Å². The molecule has 0 aliphatic carbocycles. The van der Waals surface area contributed by atoms with Crippen LogP contribution in [0, 0.1) is 17.8 Å². The van der Waals surface area contributed by atoms with Gasteiger partial charge in [-0.15, -0.1) is 0 Å². The highest BCUT2D eigenvalue weighted by molar-refractivity contribution is 5.95. The summed E-state index contributed by atoms with van der Waals surface area (Å²) in [5.41, 5.74) is 15.3. The van der Waals surface area contributed by atoms with Gasteiger partial charge in [0.05, 0.1) is 53.4 Å². The van der Waals surface area contributed by atoms with Crippen LogP contribution in [-0.2, 0) is 23.9 Å². The number of nitrogen functional groups attached to an aromatic ring is 1. The molecule has 3 aliphatic heterocycles. The summed E-state index contributed by atoms with van der Waals surface area (Å²) in [6.07, 6.45) is 9.61. The molecule has 20 nitrogen and oxygen atoms in total. The number of hydrogen-bond acceptors (Lipinski definition) is 15. The monoisotopic (exact) mass is 1290 g/mol. The van der Waals surface area contributed by atoms with Gasteiger partial charge in [0.25, 0.3) is 0 Å². The predicted octanol–water partition coefficient (Wildman–Crippen LogP) is 14.3. The van der Waals surface area contributed by atoms with Crippen LogP contribution in [0.15, 0.2) is 237 Å². The SMILES string of the molecule is CC(C)(C)OC(=O)N1C[C@@H](C(=O)Nc2cccc(Nc3cccnc3)c2)[C@H](c2ccccc2)C1.CC(C)(C)OC(=O)N1C[C@@H](C(=O)O)[C@H](c2ccccc2)C1.Nc1cccc(Nc2cccnc2)c1.O=C(Nc1cccc(Nc2cccnc2)c1)[C@@H]1CNC[C@H]1c1ccccc1. The van der Waals surface area contributed by atoms with Gasteiger partial charge in [0.15, 0.2) is 0 Å². The number of carbonyl (C=O) groups is 5. The van der Waals surface area contributed by atoms with Gasteiger partial charge in [-0.25, -0.2) is 9.59 Å². The van der Waals surface area contributed by atoms with E-state index in [0.717, 1.165) is 63.2 Å². The van der Waals surface area contributed by atoms with Gasteiger partial charge in [-0.2, -0.15) is 0 Å². The molecule has 6 aromatic carbocycles. The van der Waals surface area contributed by atoms with Crippen molar-refractivity contribution in [1.29, 1.82) is 0 Å². The Hall–Kier alpha value is -11.1. The van der Waals surface area contributed by atoms with E-state index >= 15 is 0 Å². The minimum absolute atomic E-state index is 0.0485. The molecule has 3 aromatic heterocycles. The van der Waals surface area contributed by atoms with E-state index in [1.54, 1.807) is 62.9 Å². The third-order valence-corrected chi connectivity index (χ3v) is 15.8. The highest BCUT2D eigenvalue weighted by atomic mass is 16.6. The van der Waals surface area contributed by atoms with Gasteiger partial charge in [0, 0.05) is 110 Å². The maximum atomic E-state index is 13.4. The zero-order valence-corrected chi connectivity index (χ0v) is 54.8. The van der Waals surface area contributed by atoms with Crippen LogP contribution in [0.1, 0.15) is 76.0 Å². The van der Waals surface area contributed by atoms with Crippen LogP contribution >= 0.6 is 0 Å². The van der Waals surface area contributed by atoms with Gasteiger partial charge in [-0.3, -0.25) is 29.3 Å². The van der Waals surface area contributed by atoms with Gasteiger partial charge in [-0.05, 0) is 149 Å². The number of likely N-dealkylation sites (tertiary alicyclic amines) is 2. The van der Waals surface area contributed by atoms with Gasteiger partial charge in [-0.1, -0.05) is 109 Å². The van der Waals surface area contributed by atoms with Crippen LogP contribution in [0.4, 0.5) is 60.8 Å². The Bertz CT molecular complexity index is 3960. The van der Waals surface area contributed by atoms with Crippen molar-refractivity contribution in [2.45, 2.75) is 70.5 Å². The van der Waals surface area contributed by atoms with Gasteiger partial charge >= 0.3 is 18.2 Å². The fraction of sp³-hybridized carbons (Fsp3) is 0.263. The second kappa shape index (κ2) is 33.1. The number of rotatable bonds is 14. The number of carboxylic acids is 1. The number of anilines is 9. The number of pyridine rings is 3. The largest absolute Gasteiger partial charge is 0.481 e. The van der Waals surface area contributed by atoms with Crippen molar-refractivity contribution < 1.29 is 38.6 Å². The smallest absolute Gasteiger partial charge is 0.410 e. The standard InChI is InChI=1S/C27H30N4O3.C22H22N4O.C16H21NO4.C11H11N3/c1-27(2,3)34-26(33)31-17-23(19-9-5-4-6-10-19)24(18-31)25(32)30-21-12-7-11-20(15-21)29-22-13-8-14-28-16-22;27-22(21-15-24-14-20(21)16-6-2-1-3-7-16)26-18-9-4-8-17(12-18)25-19-10-5-11-23-13-19;1-16(2,3)21-15(20)17-9-12(13(10-17)14(18)19)11-7-5-4-6-8-11;12-9-3-1-4-10(7-9)14-11-5-2-6-13-8-11/h4-16,23-24,29H,17-18H2,1-3H3,(H,30,32);1-13,20-21,24-25H,14-15H2,(H,26,27);4-8,12-13H,9-10H2,1-3H3,(H,18,19);1-8,14H,12H2/t23-,24+;20-,21+;12-,13+;/m000./s1. The third kappa shape index (κ3) is 20.9. The molecule has 20 heteroatoms. The summed E-state index contributed by atoms with van der Waals surface area (Å²) in [6.45, 7) is 13.7.